The van der Waals surface area contributed by atoms with Crippen molar-refractivity contribution in [3.63, 3.8) is 0 Å². The van der Waals surface area contributed by atoms with E-state index in [1.54, 1.807) is 0 Å². The molecule has 20 heavy (non-hydrogen) atoms. The van der Waals surface area contributed by atoms with Crippen LogP contribution in [0.25, 0.3) is 10.9 Å². The maximum Gasteiger partial charge on any atom is 0.270 e. The number of hydrogen-bond donors (Lipinski definition) is 1. The summed E-state index contributed by atoms with van der Waals surface area (Å²) in [7, 11) is 0. The van der Waals surface area contributed by atoms with Crippen molar-refractivity contribution in [2.45, 2.75) is 26.1 Å². The van der Waals surface area contributed by atoms with Gasteiger partial charge in [-0.2, -0.15) is 0 Å². The minimum atomic E-state index is 0.0410. The number of aromatic nitrogens is 1. The first-order valence-electron chi connectivity index (χ1n) is 6.76. The quantitative estimate of drug-likeness (QED) is 0.869. The first-order valence-corrected chi connectivity index (χ1v) is 7.55. The van der Waals surface area contributed by atoms with Gasteiger partial charge in [0, 0.05) is 28.5 Å². The second kappa shape index (κ2) is 5.22. The summed E-state index contributed by atoms with van der Waals surface area (Å²) in [5.41, 5.74) is 1.62. The number of H-pyrrole nitrogens is 1. The summed E-state index contributed by atoms with van der Waals surface area (Å²) >= 11 is 3.45. The van der Waals surface area contributed by atoms with E-state index in [0.29, 0.717) is 18.8 Å². The third-order valence-electron chi connectivity index (χ3n) is 3.52. The molecule has 0 aliphatic carbocycles. The third kappa shape index (κ3) is 2.60. The Morgan fingerprint density at radius 1 is 1.30 bits per heavy atom. The number of carbonyl (C=O) groups is 1. The van der Waals surface area contributed by atoms with Gasteiger partial charge >= 0.3 is 0 Å². The van der Waals surface area contributed by atoms with Crippen LogP contribution in [0.3, 0.4) is 0 Å². The topological polar surface area (TPSA) is 45.3 Å². The van der Waals surface area contributed by atoms with Gasteiger partial charge in [-0.3, -0.25) is 4.79 Å². The zero-order valence-corrected chi connectivity index (χ0v) is 13.1. The molecule has 0 bridgehead atoms. The van der Waals surface area contributed by atoms with E-state index in [1.165, 1.54) is 0 Å². The van der Waals surface area contributed by atoms with Gasteiger partial charge in [0.2, 0.25) is 0 Å². The number of ether oxygens (including phenoxy) is 1. The van der Waals surface area contributed by atoms with Gasteiger partial charge in [0.1, 0.15) is 5.69 Å². The minimum absolute atomic E-state index is 0.0410. The van der Waals surface area contributed by atoms with E-state index in [2.05, 4.69) is 20.9 Å². The molecule has 1 fully saturated rings. The number of hydrogen-bond acceptors (Lipinski definition) is 2. The van der Waals surface area contributed by atoms with E-state index in [0.717, 1.165) is 15.4 Å². The van der Waals surface area contributed by atoms with Gasteiger partial charge in [-0.1, -0.05) is 15.9 Å². The number of aromatic amines is 1. The van der Waals surface area contributed by atoms with Gasteiger partial charge in [-0.15, -0.1) is 0 Å². The van der Waals surface area contributed by atoms with Crippen LogP contribution in [-0.4, -0.2) is 41.1 Å². The van der Waals surface area contributed by atoms with Crippen LogP contribution in [-0.2, 0) is 4.74 Å². The van der Waals surface area contributed by atoms with Crippen LogP contribution >= 0.6 is 15.9 Å². The second-order valence-corrected chi connectivity index (χ2v) is 6.30. The Hall–Kier alpha value is -1.33. The standard InChI is InChI=1S/C15H17BrN2O2/c1-9-7-18(8-10(2)20-9)15(19)14-6-11-5-12(16)3-4-13(11)17-14/h3-6,9-10,17H,7-8H2,1-2H3/t9-,10-/m1/s1. The van der Waals surface area contributed by atoms with Gasteiger partial charge in [-0.25, -0.2) is 0 Å². The molecule has 4 nitrogen and oxygen atoms in total. The van der Waals surface area contributed by atoms with Crippen molar-refractivity contribution in [2.75, 3.05) is 13.1 Å². The molecule has 1 aromatic carbocycles. The Balaban J connectivity index is 1.88. The average Bonchev–Trinajstić information content (AvgIpc) is 2.79. The monoisotopic (exact) mass is 336 g/mol. The van der Waals surface area contributed by atoms with Gasteiger partial charge < -0.3 is 14.6 Å². The van der Waals surface area contributed by atoms with Crippen LogP contribution in [0.5, 0.6) is 0 Å². The predicted molar refractivity (Wildman–Crippen MR) is 81.9 cm³/mol. The lowest BCUT2D eigenvalue weighted by Crippen LogP contribution is -2.48. The lowest BCUT2D eigenvalue weighted by molar-refractivity contribution is -0.0587. The normalized spacial score (nSPS) is 23.2. The number of halogens is 1. The highest BCUT2D eigenvalue weighted by atomic mass is 79.9. The molecule has 1 aliphatic heterocycles. The smallest absolute Gasteiger partial charge is 0.270 e. The van der Waals surface area contributed by atoms with Crippen molar-refractivity contribution < 1.29 is 9.53 Å². The lowest BCUT2D eigenvalue weighted by Gasteiger charge is -2.35. The SMILES string of the molecule is C[C@@H]1CN(C(=O)c2cc3cc(Br)ccc3[nH]2)C[C@@H](C)O1. The highest BCUT2D eigenvalue weighted by molar-refractivity contribution is 9.10. The van der Waals surface area contributed by atoms with Crippen LogP contribution in [0, 0.1) is 0 Å². The molecule has 3 rings (SSSR count). The Morgan fingerprint density at radius 2 is 2.00 bits per heavy atom. The van der Waals surface area contributed by atoms with Crippen molar-refractivity contribution in [3.8, 4) is 0 Å². The average molecular weight is 337 g/mol. The number of nitrogens with zero attached hydrogens (tertiary/aromatic N) is 1. The van der Waals surface area contributed by atoms with Crippen LogP contribution in [0.2, 0.25) is 0 Å². The van der Waals surface area contributed by atoms with E-state index in [9.17, 15) is 4.79 Å². The summed E-state index contributed by atoms with van der Waals surface area (Å²) in [6.07, 6.45) is 0.169. The summed E-state index contributed by atoms with van der Waals surface area (Å²) in [4.78, 5) is 17.6. The zero-order chi connectivity index (χ0) is 14.3. The van der Waals surface area contributed by atoms with Crippen molar-refractivity contribution in [1.29, 1.82) is 0 Å². The van der Waals surface area contributed by atoms with E-state index in [1.807, 2.05) is 43.0 Å². The van der Waals surface area contributed by atoms with Gasteiger partial charge in [-0.05, 0) is 38.1 Å². The Bertz CT molecular complexity index is 642. The van der Waals surface area contributed by atoms with Crippen molar-refractivity contribution in [1.82, 2.24) is 9.88 Å². The summed E-state index contributed by atoms with van der Waals surface area (Å²) in [5, 5.41) is 1.04. The number of fused-ring (bicyclic) bond motifs is 1. The van der Waals surface area contributed by atoms with E-state index in [4.69, 9.17) is 4.74 Å². The summed E-state index contributed by atoms with van der Waals surface area (Å²) in [6.45, 7) is 5.28. The molecule has 1 amide bonds. The molecular weight excluding hydrogens is 320 g/mol. The summed E-state index contributed by atoms with van der Waals surface area (Å²) in [6, 6.07) is 7.85. The van der Waals surface area contributed by atoms with Crippen LogP contribution in [0.1, 0.15) is 24.3 Å². The Kier molecular flexibility index (Phi) is 3.56. The largest absolute Gasteiger partial charge is 0.372 e. The molecule has 2 atom stereocenters. The maximum absolute atomic E-state index is 12.6. The molecular formula is C15H17BrN2O2. The number of rotatable bonds is 1. The minimum Gasteiger partial charge on any atom is -0.372 e. The highest BCUT2D eigenvalue weighted by Crippen LogP contribution is 2.22. The number of benzene rings is 1. The fourth-order valence-corrected chi connectivity index (χ4v) is 3.11. The third-order valence-corrected chi connectivity index (χ3v) is 4.01. The van der Waals surface area contributed by atoms with E-state index < -0.39 is 0 Å². The fraction of sp³-hybridized carbons (Fsp3) is 0.400. The van der Waals surface area contributed by atoms with Crippen molar-refractivity contribution in [2.24, 2.45) is 0 Å². The van der Waals surface area contributed by atoms with Crippen LogP contribution in [0.4, 0.5) is 0 Å². The molecule has 106 valence electrons. The van der Waals surface area contributed by atoms with E-state index >= 15 is 0 Å². The fourth-order valence-electron chi connectivity index (χ4n) is 2.73. The number of carbonyl (C=O) groups excluding carboxylic acids is 1. The molecule has 1 aliphatic rings. The van der Waals surface area contributed by atoms with Gasteiger partial charge in [0.05, 0.1) is 12.2 Å². The molecule has 0 saturated carbocycles. The molecule has 1 aromatic heterocycles. The van der Waals surface area contributed by atoms with Crippen LogP contribution < -0.4 is 0 Å². The summed E-state index contributed by atoms with van der Waals surface area (Å²) in [5.74, 6) is 0.0410. The first kappa shape index (κ1) is 13.6. The number of morpholine rings is 1. The second-order valence-electron chi connectivity index (χ2n) is 5.38. The van der Waals surface area contributed by atoms with Crippen molar-refractivity contribution in [3.05, 3.63) is 34.4 Å². The van der Waals surface area contributed by atoms with E-state index in [-0.39, 0.29) is 18.1 Å². The zero-order valence-electron chi connectivity index (χ0n) is 11.5. The molecule has 1 saturated heterocycles. The molecule has 0 radical (unpaired) electrons. The predicted octanol–water partition coefficient (Wildman–Crippen LogP) is 3.18. The maximum atomic E-state index is 12.6. The van der Waals surface area contributed by atoms with Gasteiger partial charge in [0.25, 0.3) is 5.91 Å². The van der Waals surface area contributed by atoms with Crippen molar-refractivity contribution >= 4 is 32.7 Å². The number of amides is 1. The van der Waals surface area contributed by atoms with Gasteiger partial charge in [0.15, 0.2) is 0 Å². The highest BCUT2D eigenvalue weighted by Gasteiger charge is 2.27. The first-order chi connectivity index (χ1) is 9.52. The summed E-state index contributed by atoms with van der Waals surface area (Å²) < 4.78 is 6.68. The Labute approximate surface area is 126 Å². The lowest BCUT2D eigenvalue weighted by atomic mass is 10.2. The van der Waals surface area contributed by atoms with Crippen LogP contribution in [0.15, 0.2) is 28.7 Å². The number of nitrogens with one attached hydrogen (secondary N) is 1. The molecule has 2 aromatic rings. The molecule has 5 heteroatoms. The molecule has 0 spiro atoms. The molecule has 2 heterocycles. The Morgan fingerprint density at radius 3 is 2.70 bits per heavy atom. The molecule has 1 N–H and O–H groups in total. The molecule has 0 unspecified atom stereocenters.